The fourth-order valence-electron chi connectivity index (χ4n) is 7.20. The molecule has 13 nitrogen and oxygen atoms in total. The summed E-state index contributed by atoms with van der Waals surface area (Å²) in [7, 11) is 0. The van der Waals surface area contributed by atoms with E-state index in [4.69, 9.17) is 4.74 Å². The van der Waals surface area contributed by atoms with Crippen molar-refractivity contribution in [1.29, 1.82) is 0 Å². The number of nitrogens with one attached hydrogen (secondary N) is 3. The number of aliphatic carboxylic acids is 3. The molecule has 3 amide bonds. The zero-order valence-electron chi connectivity index (χ0n) is 40.7. The summed E-state index contributed by atoms with van der Waals surface area (Å²) < 4.78 is 7.89. The van der Waals surface area contributed by atoms with E-state index in [2.05, 4.69) is 63.7 Å². The van der Waals surface area contributed by atoms with E-state index in [-0.39, 0.29) is 24.7 Å². The first-order valence-electron chi connectivity index (χ1n) is 22.2. The molecular weight excluding hydrogens is 1090 g/mol. The van der Waals surface area contributed by atoms with Crippen molar-refractivity contribution in [1.82, 2.24) is 16.0 Å². The van der Waals surface area contributed by atoms with E-state index in [0.717, 1.165) is 41.2 Å². The first-order valence-corrected chi connectivity index (χ1v) is 24.5. The third-order valence-electron chi connectivity index (χ3n) is 11.4. The Morgan fingerprint density at radius 1 is 0.429 bits per heavy atom. The topological polar surface area (TPSA) is 208 Å². The van der Waals surface area contributed by atoms with Crippen LogP contribution in [0.5, 0.6) is 0 Å². The van der Waals surface area contributed by atoms with Gasteiger partial charge in [-0.2, -0.15) is 0 Å². The smallest absolute Gasteiger partial charge is 0.408 e. The monoisotopic (exact) mass is 1150 g/mol. The first kappa shape index (κ1) is 58.5. The third kappa shape index (κ3) is 18.2. The second-order valence-corrected chi connectivity index (χ2v) is 21.9. The molecule has 5 rings (SSSR count). The number of carboxylic acids is 3. The second kappa shape index (κ2) is 25.9. The van der Waals surface area contributed by atoms with Crippen LogP contribution >= 0.6 is 47.8 Å². The molecule has 2 unspecified atom stereocenters. The van der Waals surface area contributed by atoms with Gasteiger partial charge in [-0.25, -0.2) is 19.2 Å². The van der Waals surface area contributed by atoms with Crippen molar-refractivity contribution in [2.75, 3.05) is 0 Å². The van der Waals surface area contributed by atoms with Gasteiger partial charge in [0.05, 0.1) is 12.8 Å². The maximum absolute atomic E-state index is 12.3. The number of hydrogen-bond donors (Lipinski definition) is 6. The van der Waals surface area contributed by atoms with Gasteiger partial charge in [0.15, 0.2) is 0 Å². The Hall–Kier alpha value is -5.84. The number of hydrogen-bond acceptors (Lipinski definition) is 7. The Kier molecular flexibility index (Phi) is 21.6. The minimum atomic E-state index is -1.11. The summed E-state index contributed by atoms with van der Waals surface area (Å²) in [6.07, 6.45) is -0.438. The molecule has 6 N–H and O–H groups in total. The Labute approximate surface area is 435 Å². The average molecular weight is 1150 g/mol. The zero-order valence-corrected chi connectivity index (χ0v) is 45.4. The highest BCUT2D eigenvalue weighted by Crippen LogP contribution is 2.31. The molecule has 0 aliphatic carbocycles. The van der Waals surface area contributed by atoms with Crippen molar-refractivity contribution in [2.24, 2.45) is 0 Å². The molecule has 3 atom stereocenters. The van der Waals surface area contributed by atoms with Gasteiger partial charge in [0.25, 0.3) is 0 Å². The standard InChI is InChI=1S/2C19H20BrNO3.C16H22BrNO4/c2*1-19(2,14-8-10-15(20)11-9-14)17(18(23)24)21-16(22)12-13-6-4-3-5-7-13;1-15(2,3)22-14(21)18-12(13(19)20)16(4,5)10-6-8-11(17)9-7-10/h2*3-11,17H,12H2,1-2H3,(H,21,22)(H,23,24);6-9,12H,1-5H3,(H,18,21)(H,19,20)/t17-;;/m0../s1. The number of benzene rings is 5. The average Bonchev–Trinajstić information content (AvgIpc) is 3.27. The van der Waals surface area contributed by atoms with Crippen LogP contribution in [0.3, 0.4) is 0 Å². The maximum atomic E-state index is 12.3. The normalized spacial score (nSPS) is 12.7. The number of amides is 3. The predicted molar refractivity (Wildman–Crippen MR) is 282 cm³/mol. The summed E-state index contributed by atoms with van der Waals surface area (Å²) >= 11 is 10.1. The van der Waals surface area contributed by atoms with E-state index in [1.807, 2.05) is 161 Å². The highest BCUT2D eigenvalue weighted by molar-refractivity contribution is 9.11. The van der Waals surface area contributed by atoms with Crippen LogP contribution in [0.15, 0.2) is 147 Å². The van der Waals surface area contributed by atoms with Gasteiger partial charge in [-0.1, -0.05) is 186 Å². The van der Waals surface area contributed by atoms with Gasteiger partial charge in [0.2, 0.25) is 11.8 Å². The molecule has 0 heterocycles. The predicted octanol–water partition coefficient (Wildman–Crippen LogP) is 10.8. The maximum Gasteiger partial charge on any atom is 0.408 e. The van der Waals surface area contributed by atoms with Crippen LogP contribution in [0.25, 0.3) is 0 Å². The van der Waals surface area contributed by atoms with Crippen molar-refractivity contribution in [3.8, 4) is 0 Å². The molecule has 0 aliphatic heterocycles. The van der Waals surface area contributed by atoms with E-state index in [9.17, 15) is 44.1 Å². The quantitative estimate of drug-likeness (QED) is 0.0551. The summed E-state index contributed by atoms with van der Waals surface area (Å²) in [5, 5.41) is 36.5. The fraction of sp³-hybridized carbons (Fsp3) is 0.333. The summed E-state index contributed by atoms with van der Waals surface area (Å²) in [4.78, 5) is 71.6. The Balaban J connectivity index is 0.000000278. The number of rotatable bonds is 16. The minimum absolute atomic E-state index is 0.154. The number of ether oxygens (including phenoxy) is 1. The molecule has 0 saturated heterocycles. The molecule has 70 heavy (non-hydrogen) atoms. The molecule has 5 aromatic rings. The molecule has 0 saturated carbocycles. The number of halogens is 3. The fourth-order valence-corrected chi connectivity index (χ4v) is 8.00. The second-order valence-electron chi connectivity index (χ2n) is 19.1. The first-order chi connectivity index (χ1) is 32.5. The lowest BCUT2D eigenvalue weighted by Crippen LogP contribution is -2.53. The van der Waals surface area contributed by atoms with Crippen molar-refractivity contribution >= 4 is 83.6 Å². The van der Waals surface area contributed by atoms with Crippen LogP contribution in [0.4, 0.5) is 4.79 Å². The molecule has 16 heteroatoms. The molecular formula is C54H62Br3N3O10. The van der Waals surface area contributed by atoms with Gasteiger partial charge < -0.3 is 36.0 Å². The summed E-state index contributed by atoms with van der Waals surface area (Å²) in [6, 6.07) is 37.6. The van der Waals surface area contributed by atoms with Crippen molar-refractivity contribution in [2.45, 2.75) is 115 Å². The van der Waals surface area contributed by atoms with Gasteiger partial charge in [0.1, 0.15) is 23.7 Å². The van der Waals surface area contributed by atoms with Crippen molar-refractivity contribution < 1.29 is 48.8 Å². The van der Waals surface area contributed by atoms with Crippen molar-refractivity contribution in [3.63, 3.8) is 0 Å². The van der Waals surface area contributed by atoms with Crippen LogP contribution in [-0.2, 0) is 57.8 Å². The van der Waals surface area contributed by atoms with Gasteiger partial charge >= 0.3 is 24.0 Å². The summed E-state index contributed by atoms with van der Waals surface area (Å²) in [6.45, 7) is 16.0. The molecule has 0 bridgehead atoms. The molecule has 374 valence electrons. The number of carbonyl (C=O) groups excluding carboxylic acids is 3. The number of alkyl carbamates (subject to hydrolysis) is 1. The molecule has 5 aromatic carbocycles. The van der Waals surface area contributed by atoms with E-state index in [0.29, 0.717) is 0 Å². The van der Waals surface area contributed by atoms with E-state index >= 15 is 0 Å². The number of carboxylic acid groups (broad SMARTS) is 3. The molecule has 0 aliphatic rings. The van der Waals surface area contributed by atoms with Crippen LogP contribution < -0.4 is 16.0 Å². The lowest BCUT2D eigenvalue weighted by atomic mass is 9.77. The van der Waals surface area contributed by atoms with Gasteiger partial charge in [0, 0.05) is 29.7 Å². The Morgan fingerprint density at radius 3 is 0.929 bits per heavy atom. The molecule has 0 radical (unpaired) electrons. The van der Waals surface area contributed by atoms with Crippen LogP contribution in [0.1, 0.15) is 90.1 Å². The van der Waals surface area contributed by atoms with E-state index < -0.39 is 64.0 Å². The SMILES string of the molecule is CC(C)(C)OC(=O)NC(C(=O)O)C(C)(C)c1ccc(Br)cc1.CC(C)(c1ccc(Br)cc1)C(NC(=O)Cc1ccccc1)C(=O)O.CC(C)(c1ccc(Br)cc1)[C@@H](NC(=O)Cc1ccccc1)C(=O)O. The lowest BCUT2D eigenvalue weighted by Gasteiger charge is -2.33. The van der Waals surface area contributed by atoms with E-state index in [1.54, 1.807) is 34.6 Å². The Morgan fingerprint density at radius 2 is 0.686 bits per heavy atom. The minimum Gasteiger partial charge on any atom is -0.480 e. The zero-order chi connectivity index (χ0) is 52.6. The van der Waals surface area contributed by atoms with Gasteiger partial charge in [-0.3, -0.25) is 9.59 Å². The lowest BCUT2D eigenvalue weighted by molar-refractivity contribution is -0.144. The summed E-state index contributed by atoms with van der Waals surface area (Å²) in [5.74, 6) is -3.83. The molecule has 0 spiro atoms. The third-order valence-corrected chi connectivity index (χ3v) is 12.9. The Bertz CT molecular complexity index is 2400. The van der Waals surface area contributed by atoms with Gasteiger partial charge in [-0.05, 0) is 85.0 Å². The summed E-state index contributed by atoms with van der Waals surface area (Å²) in [5.41, 5.74) is 1.20. The molecule has 0 aromatic heterocycles. The van der Waals surface area contributed by atoms with Crippen molar-refractivity contribution in [3.05, 3.63) is 175 Å². The number of carbonyl (C=O) groups is 6. The molecule has 0 fully saturated rings. The van der Waals surface area contributed by atoms with Crippen LogP contribution in [0, 0.1) is 0 Å². The van der Waals surface area contributed by atoms with Crippen LogP contribution in [0.2, 0.25) is 0 Å². The van der Waals surface area contributed by atoms with Gasteiger partial charge in [-0.15, -0.1) is 0 Å². The highest BCUT2D eigenvalue weighted by atomic mass is 79.9. The largest absolute Gasteiger partial charge is 0.480 e. The highest BCUT2D eigenvalue weighted by Gasteiger charge is 2.40. The van der Waals surface area contributed by atoms with E-state index in [1.165, 1.54) is 0 Å². The van der Waals surface area contributed by atoms with Crippen LogP contribution in [-0.4, -0.2) is 74.9 Å².